The highest BCUT2D eigenvalue weighted by Crippen LogP contribution is 2.37. The second kappa shape index (κ2) is 6.11. The monoisotopic (exact) mass is 258 g/mol. The zero-order valence-electron chi connectivity index (χ0n) is 13.2. The molecule has 0 nitrogen and oxygen atoms in total. The maximum absolute atomic E-state index is 2.38. The van der Waals surface area contributed by atoms with Crippen LogP contribution in [-0.2, 0) is 5.41 Å². The smallest absolute Gasteiger partial charge is 0.0132 e. The van der Waals surface area contributed by atoms with E-state index in [0.29, 0.717) is 0 Å². The molecule has 0 aromatic heterocycles. The van der Waals surface area contributed by atoms with Crippen molar-refractivity contribution in [2.45, 2.75) is 77.6 Å². The van der Waals surface area contributed by atoms with Crippen molar-refractivity contribution in [2.75, 3.05) is 0 Å². The largest absolute Gasteiger partial charge is 0.0654 e. The third kappa shape index (κ3) is 3.84. The van der Waals surface area contributed by atoms with E-state index in [1.807, 2.05) is 0 Å². The van der Waals surface area contributed by atoms with Crippen LogP contribution in [0.25, 0.3) is 0 Å². The molecule has 0 unspecified atom stereocenters. The second-order valence-electron chi connectivity index (χ2n) is 7.38. The molecule has 0 spiro atoms. The van der Waals surface area contributed by atoms with Gasteiger partial charge in [-0.2, -0.15) is 0 Å². The molecule has 0 bridgehead atoms. The molecule has 2 rings (SSSR count). The molecule has 0 heterocycles. The Bertz CT molecular complexity index is 371. The molecule has 0 heteroatoms. The van der Waals surface area contributed by atoms with Crippen molar-refractivity contribution in [1.29, 1.82) is 0 Å². The van der Waals surface area contributed by atoms with Crippen molar-refractivity contribution in [3.05, 3.63) is 35.4 Å². The zero-order valence-corrected chi connectivity index (χ0v) is 13.2. The molecule has 1 aliphatic carbocycles. The van der Waals surface area contributed by atoms with Crippen LogP contribution in [0.5, 0.6) is 0 Å². The molecule has 19 heavy (non-hydrogen) atoms. The summed E-state index contributed by atoms with van der Waals surface area (Å²) in [6, 6.07) is 9.44. The van der Waals surface area contributed by atoms with Crippen LogP contribution in [-0.4, -0.2) is 0 Å². The van der Waals surface area contributed by atoms with Crippen LogP contribution in [0.3, 0.4) is 0 Å². The minimum atomic E-state index is 0.275. The fourth-order valence-electron chi connectivity index (χ4n) is 3.45. The quantitative estimate of drug-likeness (QED) is 0.618. The molecule has 0 N–H and O–H groups in total. The molecule has 106 valence electrons. The van der Waals surface area contributed by atoms with Gasteiger partial charge in [-0.25, -0.2) is 0 Å². The van der Waals surface area contributed by atoms with Gasteiger partial charge in [-0.1, -0.05) is 64.8 Å². The van der Waals surface area contributed by atoms with Crippen LogP contribution in [0.15, 0.2) is 24.3 Å². The van der Waals surface area contributed by atoms with Gasteiger partial charge in [0, 0.05) is 0 Å². The third-order valence-electron chi connectivity index (χ3n) is 4.79. The summed E-state index contributed by atoms with van der Waals surface area (Å²) in [5, 5.41) is 0. The Morgan fingerprint density at radius 2 is 1.53 bits per heavy atom. The summed E-state index contributed by atoms with van der Waals surface area (Å²) in [6.07, 6.45) is 8.49. The van der Waals surface area contributed by atoms with Crippen LogP contribution >= 0.6 is 0 Å². The van der Waals surface area contributed by atoms with Crippen molar-refractivity contribution < 1.29 is 0 Å². The summed E-state index contributed by atoms with van der Waals surface area (Å²) in [7, 11) is 0. The molecule has 1 fully saturated rings. The van der Waals surface area contributed by atoms with Gasteiger partial charge >= 0.3 is 0 Å². The number of hydrogen-bond acceptors (Lipinski definition) is 0. The van der Waals surface area contributed by atoms with E-state index in [1.54, 1.807) is 5.56 Å². The molecule has 1 aromatic carbocycles. The van der Waals surface area contributed by atoms with Gasteiger partial charge in [-0.05, 0) is 54.1 Å². The minimum Gasteiger partial charge on any atom is -0.0654 e. The van der Waals surface area contributed by atoms with Gasteiger partial charge in [0.05, 0.1) is 0 Å². The van der Waals surface area contributed by atoms with Crippen LogP contribution in [0.4, 0.5) is 0 Å². The highest BCUT2D eigenvalue weighted by molar-refractivity contribution is 5.29. The van der Waals surface area contributed by atoms with Gasteiger partial charge < -0.3 is 0 Å². The van der Waals surface area contributed by atoms with E-state index in [1.165, 1.54) is 44.1 Å². The van der Waals surface area contributed by atoms with Crippen molar-refractivity contribution in [2.24, 2.45) is 5.92 Å². The van der Waals surface area contributed by atoms with Crippen molar-refractivity contribution in [3.63, 3.8) is 0 Å². The summed E-state index contributed by atoms with van der Waals surface area (Å²) >= 11 is 0. The van der Waals surface area contributed by atoms with Gasteiger partial charge in [0.15, 0.2) is 0 Å². The average Bonchev–Trinajstić information content (AvgIpc) is 2.39. The topological polar surface area (TPSA) is 0 Å². The van der Waals surface area contributed by atoms with Crippen molar-refractivity contribution >= 4 is 0 Å². The van der Waals surface area contributed by atoms with E-state index in [9.17, 15) is 0 Å². The second-order valence-corrected chi connectivity index (χ2v) is 7.38. The molecule has 0 saturated heterocycles. The maximum atomic E-state index is 2.38. The Morgan fingerprint density at radius 1 is 0.947 bits per heavy atom. The average molecular weight is 258 g/mol. The van der Waals surface area contributed by atoms with Crippen LogP contribution in [0, 0.1) is 5.92 Å². The van der Waals surface area contributed by atoms with Crippen LogP contribution in [0.2, 0.25) is 0 Å². The predicted octanol–water partition coefficient (Wildman–Crippen LogP) is 6.06. The van der Waals surface area contributed by atoms with E-state index in [0.717, 1.165) is 11.8 Å². The third-order valence-corrected chi connectivity index (χ3v) is 4.79. The van der Waals surface area contributed by atoms with Crippen molar-refractivity contribution in [1.82, 2.24) is 0 Å². The van der Waals surface area contributed by atoms with E-state index < -0.39 is 0 Å². The molecule has 0 radical (unpaired) electrons. The summed E-state index contributed by atoms with van der Waals surface area (Å²) < 4.78 is 0. The predicted molar refractivity (Wildman–Crippen MR) is 84.7 cm³/mol. The fourth-order valence-corrected chi connectivity index (χ4v) is 3.45. The summed E-state index contributed by atoms with van der Waals surface area (Å²) in [6.45, 7) is 9.19. The first-order valence-electron chi connectivity index (χ1n) is 8.11. The van der Waals surface area contributed by atoms with Crippen molar-refractivity contribution in [3.8, 4) is 0 Å². The summed E-state index contributed by atoms with van der Waals surface area (Å²) in [5.41, 5.74) is 3.30. The first kappa shape index (κ1) is 14.6. The molecular weight excluding hydrogens is 228 g/mol. The SMILES string of the molecule is CCCC1CCC(c2ccc(C(C)(C)C)cc2)CC1. The standard InChI is InChI=1S/C19H30/c1-5-6-15-7-9-16(10-8-15)17-11-13-18(14-12-17)19(2,3)4/h11-16H,5-10H2,1-4H3. The molecule has 1 aliphatic rings. The highest BCUT2D eigenvalue weighted by atomic mass is 14.3. The van der Waals surface area contributed by atoms with Crippen LogP contribution < -0.4 is 0 Å². The number of rotatable bonds is 3. The Labute approximate surface area is 119 Å². The Morgan fingerprint density at radius 3 is 2.00 bits per heavy atom. The fraction of sp³-hybridized carbons (Fsp3) is 0.684. The normalized spacial score (nSPS) is 24.4. The lowest BCUT2D eigenvalue weighted by Gasteiger charge is -2.29. The molecule has 0 amide bonds. The Balaban J connectivity index is 1.97. The van der Waals surface area contributed by atoms with Crippen LogP contribution in [0.1, 0.15) is 83.3 Å². The lowest BCUT2D eigenvalue weighted by Crippen LogP contribution is -2.14. The number of benzene rings is 1. The Hall–Kier alpha value is -0.780. The van der Waals surface area contributed by atoms with Gasteiger partial charge in [0.1, 0.15) is 0 Å². The molecule has 0 aliphatic heterocycles. The van der Waals surface area contributed by atoms with E-state index in [-0.39, 0.29) is 5.41 Å². The number of hydrogen-bond donors (Lipinski definition) is 0. The first-order valence-corrected chi connectivity index (χ1v) is 8.11. The zero-order chi connectivity index (χ0) is 13.9. The lowest BCUT2D eigenvalue weighted by atomic mass is 9.76. The van der Waals surface area contributed by atoms with E-state index >= 15 is 0 Å². The van der Waals surface area contributed by atoms with Gasteiger partial charge in [-0.15, -0.1) is 0 Å². The molecule has 0 atom stereocenters. The van der Waals surface area contributed by atoms with E-state index in [2.05, 4.69) is 52.0 Å². The maximum Gasteiger partial charge on any atom is -0.0132 e. The molecule has 1 saturated carbocycles. The van der Waals surface area contributed by atoms with Gasteiger partial charge in [0.2, 0.25) is 0 Å². The summed E-state index contributed by atoms with van der Waals surface area (Å²) in [5.74, 6) is 1.83. The first-order chi connectivity index (χ1) is 9.00. The molecular formula is C19H30. The molecule has 1 aromatic rings. The van der Waals surface area contributed by atoms with E-state index in [4.69, 9.17) is 0 Å². The lowest BCUT2D eigenvalue weighted by molar-refractivity contribution is 0.308. The van der Waals surface area contributed by atoms with Gasteiger partial charge in [-0.3, -0.25) is 0 Å². The Kier molecular flexibility index (Phi) is 4.71. The van der Waals surface area contributed by atoms with Gasteiger partial charge in [0.25, 0.3) is 0 Å². The summed E-state index contributed by atoms with van der Waals surface area (Å²) in [4.78, 5) is 0. The minimum absolute atomic E-state index is 0.275. The highest BCUT2D eigenvalue weighted by Gasteiger charge is 2.22.